The number of aromatic nitrogens is 3. The van der Waals surface area contributed by atoms with Gasteiger partial charge in [-0.05, 0) is 61.7 Å². The number of nitrogens with zero attached hydrogens (tertiary/aromatic N) is 3. The molecular weight excluding hydrogens is 512 g/mol. The molecule has 3 rings (SSSR count). The van der Waals surface area contributed by atoms with Gasteiger partial charge in [-0.15, -0.1) is 10.2 Å². The van der Waals surface area contributed by atoms with Gasteiger partial charge in [-0.3, -0.25) is 9.59 Å². The lowest BCUT2D eigenvalue weighted by Crippen LogP contribution is -2.31. The molecule has 0 bridgehead atoms. The van der Waals surface area contributed by atoms with E-state index in [1.807, 2.05) is 11.5 Å². The van der Waals surface area contributed by atoms with E-state index in [1.165, 1.54) is 42.1 Å². The molecule has 11 heteroatoms. The standard InChI is InChI=1S/C24H26Cl2FN5O2S/c1-4-32-22(20(11-14(2)3)29-23(34)18-10-5-15(25)12-19(18)26)30-31-24(32)35-13-21(33)28-17-8-6-16(27)7-9-17/h5-10,12,14,20H,4,11,13H2,1-3H3,(H,28,33)(H,29,34)/t20-/m0/s1. The van der Waals surface area contributed by atoms with E-state index in [0.717, 1.165) is 0 Å². The highest BCUT2D eigenvalue weighted by Gasteiger charge is 2.25. The molecule has 0 unspecified atom stereocenters. The monoisotopic (exact) mass is 537 g/mol. The van der Waals surface area contributed by atoms with Crippen LogP contribution in [0.4, 0.5) is 10.1 Å². The van der Waals surface area contributed by atoms with Gasteiger partial charge < -0.3 is 15.2 Å². The highest BCUT2D eigenvalue weighted by Crippen LogP contribution is 2.27. The third-order valence-electron chi connectivity index (χ3n) is 5.02. The normalized spacial score (nSPS) is 12.0. The summed E-state index contributed by atoms with van der Waals surface area (Å²) in [6.45, 7) is 6.60. The summed E-state index contributed by atoms with van der Waals surface area (Å²) in [5, 5.41) is 15.6. The van der Waals surface area contributed by atoms with Crippen LogP contribution in [0.25, 0.3) is 0 Å². The Morgan fingerprint density at radius 1 is 1.11 bits per heavy atom. The van der Waals surface area contributed by atoms with E-state index in [9.17, 15) is 14.0 Å². The molecule has 7 nitrogen and oxygen atoms in total. The minimum atomic E-state index is -0.413. The van der Waals surface area contributed by atoms with Gasteiger partial charge in [0.15, 0.2) is 11.0 Å². The molecule has 2 N–H and O–H groups in total. The molecule has 186 valence electrons. The highest BCUT2D eigenvalue weighted by molar-refractivity contribution is 7.99. The Kier molecular flexibility index (Phi) is 9.54. The van der Waals surface area contributed by atoms with Crippen molar-refractivity contribution in [3.05, 3.63) is 69.7 Å². The van der Waals surface area contributed by atoms with Crippen LogP contribution in [0.1, 0.15) is 49.4 Å². The predicted molar refractivity (Wildman–Crippen MR) is 138 cm³/mol. The zero-order chi connectivity index (χ0) is 25.5. The third-order valence-corrected chi connectivity index (χ3v) is 6.54. The van der Waals surface area contributed by atoms with Crippen LogP contribution in [0.3, 0.4) is 0 Å². The second kappa shape index (κ2) is 12.4. The Labute approximate surface area is 217 Å². The van der Waals surface area contributed by atoms with Crippen LogP contribution in [0, 0.1) is 11.7 Å². The largest absolute Gasteiger partial charge is 0.342 e. The number of hydrogen-bond acceptors (Lipinski definition) is 5. The number of amides is 2. The summed E-state index contributed by atoms with van der Waals surface area (Å²) in [5.41, 5.74) is 0.828. The van der Waals surface area contributed by atoms with E-state index in [-0.39, 0.29) is 34.3 Å². The van der Waals surface area contributed by atoms with Gasteiger partial charge in [-0.2, -0.15) is 0 Å². The van der Waals surface area contributed by atoms with Crippen molar-refractivity contribution >= 4 is 52.5 Å². The van der Waals surface area contributed by atoms with Gasteiger partial charge in [0.05, 0.1) is 22.4 Å². The zero-order valence-electron chi connectivity index (χ0n) is 19.5. The third kappa shape index (κ3) is 7.43. The van der Waals surface area contributed by atoms with Crippen molar-refractivity contribution in [2.45, 2.75) is 44.9 Å². The van der Waals surface area contributed by atoms with Gasteiger partial charge in [0.1, 0.15) is 5.82 Å². The van der Waals surface area contributed by atoms with Crippen LogP contribution in [-0.4, -0.2) is 32.3 Å². The quantitative estimate of drug-likeness (QED) is 0.310. The SMILES string of the molecule is CCn1c(SCC(=O)Nc2ccc(F)cc2)nnc1[C@H](CC(C)C)NC(=O)c1ccc(Cl)cc1Cl. The molecule has 0 saturated carbocycles. The maximum Gasteiger partial charge on any atom is 0.253 e. The number of hydrogen-bond donors (Lipinski definition) is 2. The number of nitrogens with one attached hydrogen (secondary N) is 2. The summed E-state index contributed by atoms with van der Waals surface area (Å²) in [6, 6.07) is 9.86. The molecule has 1 aromatic heterocycles. The minimum absolute atomic E-state index is 0.0943. The van der Waals surface area contributed by atoms with Gasteiger partial charge in [0.25, 0.3) is 5.91 Å². The molecule has 1 heterocycles. The van der Waals surface area contributed by atoms with E-state index in [4.69, 9.17) is 23.2 Å². The number of benzene rings is 2. The number of carbonyl (C=O) groups excluding carboxylic acids is 2. The molecule has 35 heavy (non-hydrogen) atoms. The first kappa shape index (κ1) is 27.0. The van der Waals surface area contributed by atoms with E-state index in [1.54, 1.807) is 12.1 Å². The topological polar surface area (TPSA) is 88.9 Å². The second-order valence-electron chi connectivity index (χ2n) is 8.21. The summed E-state index contributed by atoms with van der Waals surface area (Å²) < 4.78 is 14.9. The smallest absolute Gasteiger partial charge is 0.253 e. The Hall–Kier alpha value is -2.62. The van der Waals surface area contributed by atoms with Gasteiger partial charge >= 0.3 is 0 Å². The fourth-order valence-electron chi connectivity index (χ4n) is 3.43. The van der Waals surface area contributed by atoms with Crippen LogP contribution >= 0.6 is 35.0 Å². The first-order valence-corrected chi connectivity index (χ1v) is 12.8. The van der Waals surface area contributed by atoms with Crippen molar-refractivity contribution < 1.29 is 14.0 Å². The van der Waals surface area contributed by atoms with Crippen molar-refractivity contribution in [2.75, 3.05) is 11.1 Å². The van der Waals surface area contributed by atoms with E-state index < -0.39 is 6.04 Å². The van der Waals surface area contributed by atoms with E-state index in [2.05, 4.69) is 34.7 Å². The molecule has 0 aliphatic heterocycles. The number of thioether (sulfide) groups is 1. The van der Waals surface area contributed by atoms with Crippen molar-refractivity contribution in [3.63, 3.8) is 0 Å². The van der Waals surface area contributed by atoms with Crippen molar-refractivity contribution in [3.8, 4) is 0 Å². The fourth-order valence-corrected chi connectivity index (χ4v) is 4.74. The second-order valence-corrected chi connectivity index (χ2v) is 9.99. The molecular formula is C24H26Cl2FN5O2S. The number of rotatable bonds is 10. The Bertz CT molecular complexity index is 1190. The summed E-state index contributed by atoms with van der Waals surface area (Å²) >= 11 is 13.4. The first-order chi connectivity index (χ1) is 16.7. The van der Waals surface area contributed by atoms with Crippen LogP contribution in [0.15, 0.2) is 47.6 Å². The lowest BCUT2D eigenvalue weighted by Gasteiger charge is -2.21. The van der Waals surface area contributed by atoms with Crippen molar-refractivity contribution in [1.29, 1.82) is 0 Å². The summed E-state index contributed by atoms with van der Waals surface area (Å²) in [5.74, 6) is -0.00467. The van der Waals surface area contributed by atoms with Crippen LogP contribution < -0.4 is 10.6 Å². The van der Waals surface area contributed by atoms with Crippen molar-refractivity contribution in [1.82, 2.24) is 20.1 Å². The van der Waals surface area contributed by atoms with Crippen LogP contribution in [-0.2, 0) is 11.3 Å². The zero-order valence-corrected chi connectivity index (χ0v) is 21.8. The Balaban J connectivity index is 1.74. The number of carbonyl (C=O) groups is 2. The van der Waals surface area contributed by atoms with Gasteiger partial charge in [-0.25, -0.2) is 4.39 Å². The minimum Gasteiger partial charge on any atom is -0.342 e. The van der Waals surface area contributed by atoms with Crippen molar-refractivity contribution in [2.24, 2.45) is 5.92 Å². The summed E-state index contributed by atoms with van der Waals surface area (Å²) in [4.78, 5) is 25.3. The molecule has 2 amide bonds. The molecule has 1 atom stereocenters. The average Bonchev–Trinajstić information content (AvgIpc) is 3.21. The average molecular weight is 538 g/mol. The van der Waals surface area contributed by atoms with E-state index >= 15 is 0 Å². The summed E-state index contributed by atoms with van der Waals surface area (Å²) in [6.07, 6.45) is 0.630. The molecule has 0 saturated heterocycles. The van der Waals surface area contributed by atoms with Crippen LogP contribution in [0.2, 0.25) is 10.0 Å². The Morgan fingerprint density at radius 3 is 2.46 bits per heavy atom. The fraction of sp³-hybridized carbons (Fsp3) is 0.333. The molecule has 0 radical (unpaired) electrons. The maximum atomic E-state index is 13.1. The van der Waals surface area contributed by atoms with E-state index in [0.29, 0.717) is 40.2 Å². The molecule has 0 aliphatic rings. The maximum absolute atomic E-state index is 13.1. The lowest BCUT2D eigenvalue weighted by atomic mass is 10.0. The predicted octanol–water partition coefficient (Wildman–Crippen LogP) is 5.99. The van der Waals surface area contributed by atoms with Crippen LogP contribution in [0.5, 0.6) is 0 Å². The first-order valence-electron chi connectivity index (χ1n) is 11.0. The molecule has 3 aromatic rings. The molecule has 0 fully saturated rings. The number of halogens is 3. The molecule has 2 aromatic carbocycles. The lowest BCUT2D eigenvalue weighted by molar-refractivity contribution is -0.113. The molecule has 0 aliphatic carbocycles. The van der Waals surface area contributed by atoms with Gasteiger partial charge in [-0.1, -0.05) is 48.8 Å². The molecule has 0 spiro atoms. The van der Waals surface area contributed by atoms with Gasteiger partial charge in [0, 0.05) is 17.3 Å². The van der Waals surface area contributed by atoms with Gasteiger partial charge in [0.2, 0.25) is 5.91 Å². The summed E-state index contributed by atoms with van der Waals surface area (Å²) in [7, 11) is 0. The highest BCUT2D eigenvalue weighted by atomic mass is 35.5. The number of anilines is 1. The Morgan fingerprint density at radius 2 is 1.83 bits per heavy atom.